The predicted octanol–water partition coefficient (Wildman–Crippen LogP) is -0.634. The van der Waals surface area contributed by atoms with Crippen LogP contribution in [0.1, 0.15) is 29.1 Å². The van der Waals surface area contributed by atoms with Gasteiger partial charge in [0.05, 0.1) is 5.92 Å². The fourth-order valence-electron chi connectivity index (χ4n) is 1.91. The van der Waals surface area contributed by atoms with E-state index in [0.717, 1.165) is 0 Å². The van der Waals surface area contributed by atoms with Gasteiger partial charge in [0, 0.05) is 0 Å². The van der Waals surface area contributed by atoms with Crippen molar-refractivity contribution in [2.45, 2.75) is 27.7 Å². The number of hydrogen-bond donors (Lipinski definition) is 0. The average Bonchev–Trinajstić information content (AvgIpc) is 2.52. The Morgan fingerprint density at radius 1 is 1.53 bits per heavy atom. The number of carbonyl (C=O) groups is 1. The van der Waals surface area contributed by atoms with Crippen molar-refractivity contribution < 1.29 is 62.3 Å². The summed E-state index contributed by atoms with van der Waals surface area (Å²) in [7, 11) is 0. The first-order valence-electron chi connectivity index (χ1n) is 4.66. The minimum absolute atomic E-state index is 0. The van der Waals surface area contributed by atoms with E-state index in [1.807, 2.05) is 27.7 Å². The third-order valence-corrected chi connectivity index (χ3v) is 2.82. The van der Waals surface area contributed by atoms with Crippen molar-refractivity contribution in [2.75, 3.05) is 0 Å². The van der Waals surface area contributed by atoms with Gasteiger partial charge < -0.3 is 6.16 Å². The Kier molecular flexibility index (Phi) is 5.73. The fourth-order valence-corrected chi connectivity index (χ4v) is 1.91. The summed E-state index contributed by atoms with van der Waals surface area (Å²) < 4.78 is 4.35. The molecule has 0 radical (unpaired) electrons. The summed E-state index contributed by atoms with van der Waals surface area (Å²) in [5.41, 5.74) is 1.13. The molecule has 0 aromatic heterocycles. The maximum absolute atomic E-state index is 11.3. The number of nitriles is 1. The van der Waals surface area contributed by atoms with Crippen LogP contribution in [0.2, 0.25) is 0 Å². The largest absolute Gasteiger partial charge is 1.00 e. The van der Waals surface area contributed by atoms with Gasteiger partial charge in [-0.1, -0.05) is 25.5 Å². The van der Waals surface area contributed by atoms with E-state index in [1.54, 1.807) is 0 Å². The van der Waals surface area contributed by atoms with Crippen LogP contribution >= 0.6 is 0 Å². The summed E-state index contributed by atoms with van der Waals surface area (Å²) in [6.07, 6.45) is 3.50. The summed E-state index contributed by atoms with van der Waals surface area (Å²) in [6, 6.07) is 0. The summed E-state index contributed by atoms with van der Waals surface area (Å²) in [4.78, 5) is 11.3. The molecule has 0 bridgehead atoms. The number of ether oxygens (including phenoxy) is 1. The van der Waals surface area contributed by atoms with Crippen LogP contribution in [0.4, 0.5) is 0 Å². The first kappa shape index (κ1) is 15.3. The van der Waals surface area contributed by atoms with E-state index in [2.05, 4.69) is 10.8 Å². The maximum atomic E-state index is 11.3. The van der Waals surface area contributed by atoms with Crippen LogP contribution in [0, 0.1) is 28.8 Å². The molecular weight excluding hydrogens is 217 g/mol. The standard InChI is InChI=1S/C11H15NO2.K.H/c1-7(2)5-8-9(11(8,3)4)10(13)14-6-12;;/h5,8-9H,1-4H3;;/q;+1;-1. The molecule has 2 atom stereocenters. The summed E-state index contributed by atoms with van der Waals surface area (Å²) in [6.45, 7) is 8.03. The second-order valence-electron chi connectivity index (χ2n) is 4.58. The van der Waals surface area contributed by atoms with Crippen molar-refractivity contribution in [3.8, 4) is 6.26 Å². The van der Waals surface area contributed by atoms with Crippen LogP contribution in [0.5, 0.6) is 0 Å². The smallest absolute Gasteiger partial charge is 1.00 e. The summed E-state index contributed by atoms with van der Waals surface area (Å²) in [5.74, 6) is -0.342. The van der Waals surface area contributed by atoms with Crippen LogP contribution in [0.15, 0.2) is 11.6 Å². The molecule has 0 N–H and O–H groups in total. The molecule has 0 heterocycles. The van der Waals surface area contributed by atoms with Crippen LogP contribution in [0.3, 0.4) is 0 Å². The van der Waals surface area contributed by atoms with Crippen LogP contribution < -0.4 is 51.4 Å². The average molecular weight is 233 g/mol. The normalized spacial score (nSPS) is 25.5. The Bertz CT molecular complexity index is 329. The third-order valence-electron chi connectivity index (χ3n) is 2.82. The molecule has 0 aromatic rings. The zero-order valence-corrected chi connectivity index (χ0v) is 13.1. The number of carbonyl (C=O) groups excluding carboxylic acids is 1. The van der Waals surface area contributed by atoms with E-state index >= 15 is 0 Å². The molecule has 1 rings (SSSR count). The first-order valence-corrected chi connectivity index (χ1v) is 4.66. The minimum Gasteiger partial charge on any atom is -1.00 e. The van der Waals surface area contributed by atoms with Crippen molar-refractivity contribution in [3.63, 3.8) is 0 Å². The van der Waals surface area contributed by atoms with E-state index < -0.39 is 5.97 Å². The Hall–Kier alpha value is 0.336. The molecule has 3 nitrogen and oxygen atoms in total. The Balaban J connectivity index is 0. The number of allylic oxidation sites excluding steroid dienone is 2. The molecule has 1 fully saturated rings. The monoisotopic (exact) mass is 233 g/mol. The van der Waals surface area contributed by atoms with Crippen molar-refractivity contribution >= 4 is 5.97 Å². The van der Waals surface area contributed by atoms with Gasteiger partial charge in [0.2, 0.25) is 0 Å². The third kappa shape index (κ3) is 3.40. The van der Waals surface area contributed by atoms with Crippen molar-refractivity contribution in [3.05, 3.63) is 11.6 Å². The minimum atomic E-state index is -0.403. The van der Waals surface area contributed by atoms with E-state index in [0.29, 0.717) is 0 Å². The van der Waals surface area contributed by atoms with E-state index in [-0.39, 0.29) is 70.1 Å². The molecule has 0 aromatic carbocycles. The van der Waals surface area contributed by atoms with E-state index in [4.69, 9.17) is 5.26 Å². The molecular formula is C11H16KNO2. The molecule has 0 amide bonds. The van der Waals surface area contributed by atoms with Gasteiger partial charge in [-0.2, -0.15) is 0 Å². The van der Waals surface area contributed by atoms with Gasteiger partial charge in [0.15, 0.2) is 0 Å². The summed E-state index contributed by atoms with van der Waals surface area (Å²) in [5, 5.41) is 8.24. The topological polar surface area (TPSA) is 50.1 Å². The van der Waals surface area contributed by atoms with Crippen molar-refractivity contribution in [2.24, 2.45) is 17.3 Å². The molecule has 78 valence electrons. The molecule has 0 saturated heterocycles. The first-order chi connectivity index (χ1) is 6.41. The molecule has 0 spiro atoms. The fraction of sp³-hybridized carbons (Fsp3) is 0.636. The van der Waals surface area contributed by atoms with Crippen LogP contribution in [-0.2, 0) is 9.53 Å². The number of esters is 1. The second-order valence-corrected chi connectivity index (χ2v) is 4.58. The maximum Gasteiger partial charge on any atom is 1.00 e. The molecule has 1 aliphatic rings. The molecule has 1 saturated carbocycles. The summed E-state index contributed by atoms with van der Waals surface area (Å²) >= 11 is 0. The van der Waals surface area contributed by atoms with Crippen LogP contribution in [0.25, 0.3) is 0 Å². The SMILES string of the molecule is CC(C)=CC1C(C(=O)OC#N)C1(C)C.[H-].[K+]. The molecule has 0 aliphatic heterocycles. The van der Waals surface area contributed by atoms with Gasteiger partial charge in [0.25, 0.3) is 6.26 Å². The number of nitrogens with zero attached hydrogens (tertiary/aromatic N) is 1. The van der Waals surface area contributed by atoms with Gasteiger partial charge in [0.1, 0.15) is 0 Å². The quantitative estimate of drug-likeness (QED) is 0.276. The molecule has 2 unspecified atom stereocenters. The van der Waals surface area contributed by atoms with Gasteiger partial charge in [-0.25, -0.2) is 0 Å². The zero-order valence-electron chi connectivity index (χ0n) is 11.0. The number of hydrogen-bond acceptors (Lipinski definition) is 3. The zero-order chi connectivity index (χ0) is 10.9. The van der Waals surface area contributed by atoms with E-state index in [9.17, 15) is 4.79 Å². The Morgan fingerprint density at radius 3 is 2.47 bits per heavy atom. The molecule has 4 heteroatoms. The van der Waals surface area contributed by atoms with Gasteiger partial charge in [-0.15, -0.1) is 5.26 Å². The van der Waals surface area contributed by atoms with Crippen LogP contribution in [-0.4, -0.2) is 5.97 Å². The molecule has 15 heavy (non-hydrogen) atoms. The Morgan fingerprint density at radius 2 is 2.07 bits per heavy atom. The predicted molar refractivity (Wildman–Crippen MR) is 53.0 cm³/mol. The molecule has 1 aliphatic carbocycles. The van der Waals surface area contributed by atoms with Crippen molar-refractivity contribution in [1.29, 1.82) is 5.26 Å². The van der Waals surface area contributed by atoms with Crippen molar-refractivity contribution in [1.82, 2.24) is 0 Å². The number of rotatable bonds is 2. The van der Waals surface area contributed by atoms with Gasteiger partial charge in [-0.05, 0) is 25.2 Å². The second kappa shape index (κ2) is 5.60. The Labute approximate surface area is 135 Å². The van der Waals surface area contributed by atoms with Gasteiger partial charge in [-0.3, -0.25) is 4.79 Å². The van der Waals surface area contributed by atoms with E-state index in [1.165, 1.54) is 11.8 Å². The van der Waals surface area contributed by atoms with Gasteiger partial charge >= 0.3 is 57.4 Å².